The first kappa shape index (κ1) is 13.8. The molecule has 0 bridgehead atoms. The van der Waals surface area contributed by atoms with Crippen LogP contribution in [0.15, 0.2) is 42.7 Å². The molecule has 2 heterocycles. The minimum atomic E-state index is -0.554. The van der Waals surface area contributed by atoms with Gasteiger partial charge in [-0.2, -0.15) is 5.10 Å². The number of fused-ring (bicyclic) bond motifs is 1. The summed E-state index contributed by atoms with van der Waals surface area (Å²) in [6.45, 7) is 2.07. The number of benzene rings is 1. The van der Waals surface area contributed by atoms with Gasteiger partial charge in [0.2, 0.25) is 0 Å². The third-order valence-corrected chi connectivity index (χ3v) is 3.90. The van der Waals surface area contributed by atoms with E-state index in [2.05, 4.69) is 23.1 Å². The summed E-state index contributed by atoms with van der Waals surface area (Å²) in [4.78, 5) is 4.13. The Bertz CT molecular complexity index is 764. The fourth-order valence-electron chi connectivity index (χ4n) is 2.79. The number of rotatable bonds is 4. The van der Waals surface area contributed by atoms with Crippen LogP contribution in [-0.2, 0) is 19.9 Å². The zero-order chi connectivity index (χ0) is 14.8. The van der Waals surface area contributed by atoms with E-state index in [1.54, 1.807) is 6.20 Å². The Balaban J connectivity index is 1.95. The Morgan fingerprint density at radius 1 is 1.24 bits per heavy atom. The van der Waals surface area contributed by atoms with Gasteiger partial charge in [0.15, 0.2) is 0 Å². The molecular formula is C17H19N3O. The van der Waals surface area contributed by atoms with Gasteiger partial charge in [0.25, 0.3) is 0 Å². The molecule has 2 aromatic heterocycles. The Labute approximate surface area is 124 Å². The molecule has 0 amide bonds. The molecule has 4 nitrogen and oxygen atoms in total. The summed E-state index contributed by atoms with van der Waals surface area (Å²) in [7, 11) is 1.93. The molecule has 4 heteroatoms. The number of aliphatic hydroxyl groups excluding tert-OH is 1. The minimum Gasteiger partial charge on any atom is -0.388 e. The molecule has 3 rings (SSSR count). The first-order chi connectivity index (χ1) is 10.2. The molecule has 1 aromatic carbocycles. The number of pyridine rings is 1. The largest absolute Gasteiger partial charge is 0.388 e. The van der Waals surface area contributed by atoms with Gasteiger partial charge in [-0.05, 0) is 29.7 Å². The lowest BCUT2D eigenvalue weighted by Gasteiger charge is -2.13. The Morgan fingerprint density at radius 2 is 2.05 bits per heavy atom. The molecule has 0 aliphatic heterocycles. The van der Waals surface area contributed by atoms with Gasteiger partial charge < -0.3 is 5.11 Å². The number of para-hydroxylation sites is 1. The quantitative estimate of drug-likeness (QED) is 0.800. The predicted octanol–water partition coefficient (Wildman–Crippen LogP) is 2.81. The van der Waals surface area contributed by atoms with Gasteiger partial charge in [0.05, 0.1) is 17.3 Å². The van der Waals surface area contributed by atoms with Crippen molar-refractivity contribution in [2.45, 2.75) is 25.9 Å². The van der Waals surface area contributed by atoms with E-state index in [9.17, 15) is 5.11 Å². The van der Waals surface area contributed by atoms with Crippen LogP contribution in [0.1, 0.15) is 29.8 Å². The van der Waals surface area contributed by atoms with Crippen molar-refractivity contribution in [1.29, 1.82) is 0 Å². The van der Waals surface area contributed by atoms with E-state index in [-0.39, 0.29) is 0 Å². The normalized spacial score (nSPS) is 12.7. The van der Waals surface area contributed by atoms with Crippen molar-refractivity contribution in [3.63, 3.8) is 0 Å². The van der Waals surface area contributed by atoms with Gasteiger partial charge in [-0.1, -0.05) is 25.1 Å². The minimum absolute atomic E-state index is 0.512. The van der Waals surface area contributed by atoms with Crippen molar-refractivity contribution in [3.8, 4) is 0 Å². The fourth-order valence-corrected chi connectivity index (χ4v) is 2.79. The number of nitrogens with zero attached hydrogens (tertiary/aromatic N) is 3. The summed E-state index contributed by atoms with van der Waals surface area (Å²) in [6, 6.07) is 10.0. The van der Waals surface area contributed by atoms with Crippen LogP contribution in [0.2, 0.25) is 0 Å². The fraction of sp³-hybridized carbons (Fsp3) is 0.294. The van der Waals surface area contributed by atoms with Crippen LogP contribution in [0.4, 0.5) is 0 Å². The molecule has 0 radical (unpaired) electrons. The molecule has 0 aliphatic carbocycles. The Kier molecular flexibility index (Phi) is 3.71. The third-order valence-electron chi connectivity index (χ3n) is 3.90. The summed E-state index contributed by atoms with van der Waals surface area (Å²) >= 11 is 0. The molecule has 0 fully saturated rings. The zero-order valence-corrected chi connectivity index (χ0v) is 12.3. The lowest BCUT2D eigenvalue weighted by atomic mass is 9.98. The topological polar surface area (TPSA) is 50.9 Å². The van der Waals surface area contributed by atoms with E-state index in [0.717, 1.165) is 34.1 Å². The lowest BCUT2D eigenvalue weighted by Crippen LogP contribution is -2.06. The first-order valence-electron chi connectivity index (χ1n) is 7.22. The first-order valence-corrected chi connectivity index (χ1v) is 7.22. The monoisotopic (exact) mass is 281 g/mol. The van der Waals surface area contributed by atoms with Gasteiger partial charge >= 0.3 is 0 Å². The van der Waals surface area contributed by atoms with Gasteiger partial charge in [0.1, 0.15) is 0 Å². The molecule has 1 N–H and O–H groups in total. The Morgan fingerprint density at radius 3 is 2.86 bits per heavy atom. The van der Waals surface area contributed by atoms with E-state index in [0.29, 0.717) is 6.42 Å². The highest BCUT2D eigenvalue weighted by molar-refractivity contribution is 5.81. The molecule has 1 atom stereocenters. The molecule has 0 aliphatic rings. The van der Waals surface area contributed by atoms with Crippen LogP contribution >= 0.6 is 0 Å². The number of hydrogen-bond acceptors (Lipinski definition) is 3. The molecule has 21 heavy (non-hydrogen) atoms. The van der Waals surface area contributed by atoms with Gasteiger partial charge in [-0.25, -0.2) is 0 Å². The highest BCUT2D eigenvalue weighted by Crippen LogP contribution is 2.25. The molecule has 1 unspecified atom stereocenters. The summed E-state index contributed by atoms with van der Waals surface area (Å²) < 4.78 is 1.87. The van der Waals surface area contributed by atoms with Gasteiger partial charge in [-0.3, -0.25) is 9.67 Å². The van der Waals surface area contributed by atoms with Gasteiger partial charge in [-0.15, -0.1) is 0 Å². The molecule has 0 saturated heterocycles. The highest BCUT2D eigenvalue weighted by atomic mass is 16.3. The van der Waals surface area contributed by atoms with E-state index < -0.39 is 6.10 Å². The molecule has 108 valence electrons. The second-order valence-corrected chi connectivity index (χ2v) is 5.24. The molecule has 0 saturated carbocycles. The maximum absolute atomic E-state index is 10.6. The van der Waals surface area contributed by atoms with E-state index >= 15 is 0 Å². The summed E-state index contributed by atoms with van der Waals surface area (Å²) in [6.07, 6.45) is 4.38. The van der Waals surface area contributed by atoms with E-state index in [1.807, 2.05) is 42.2 Å². The van der Waals surface area contributed by atoms with Crippen molar-refractivity contribution < 1.29 is 5.11 Å². The maximum Gasteiger partial charge on any atom is 0.0850 e. The van der Waals surface area contributed by atoms with Crippen LogP contribution in [0, 0.1) is 0 Å². The molecule has 3 aromatic rings. The van der Waals surface area contributed by atoms with Crippen molar-refractivity contribution in [3.05, 3.63) is 59.5 Å². The van der Waals surface area contributed by atoms with Crippen LogP contribution < -0.4 is 0 Å². The lowest BCUT2D eigenvalue weighted by molar-refractivity contribution is 0.176. The SMILES string of the molecule is CCc1cnccc1C(O)Cc1nn(C)c2ccccc12. The predicted molar refractivity (Wildman–Crippen MR) is 83.0 cm³/mol. The number of aromatic nitrogens is 3. The standard InChI is InChI=1S/C17H19N3O/c1-3-12-11-18-9-8-13(12)17(21)10-15-14-6-4-5-7-16(14)20(2)19-15/h4-9,11,17,21H,3,10H2,1-2H3. The van der Waals surface area contributed by atoms with Crippen LogP contribution in [0.25, 0.3) is 10.9 Å². The number of aryl methyl sites for hydroxylation is 2. The average molecular weight is 281 g/mol. The van der Waals surface area contributed by atoms with Crippen molar-refractivity contribution in [2.24, 2.45) is 7.05 Å². The Hall–Kier alpha value is -2.20. The van der Waals surface area contributed by atoms with Crippen molar-refractivity contribution in [1.82, 2.24) is 14.8 Å². The van der Waals surface area contributed by atoms with Crippen LogP contribution in [-0.4, -0.2) is 19.9 Å². The average Bonchev–Trinajstić information content (AvgIpc) is 2.84. The maximum atomic E-state index is 10.6. The summed E-state index contributed by atoms with van der Waals surface area (Å²) in [5, 5.41) is 16.2. The molecular weight excluding hydrogens is 262 g/mol. The molecule has 0 spiro atoms. The smallest absolute Gasteiger partial charge is 0.0850 e. The summed E-state index contributed by atoms with van der Waals surface area (Å²) in [5.41, 5.74) is 4.05. The second-order valence-electron chi connectivity index (χ2n) is 5.24. The number of hydrogen-bond donors (Lipinski definition) is 1. The van der Waals surface area contributed by atoms with Crippen LogP contribution in [0.3, 0.4) is 0 Å². The van der Waals surface area contributed by atoms with E-state index in [4.69, 9.17) is 0 Å². The van der Waals surface area contributed by atoms with E-state index in [1.165, 1.54) is 0 Å². The third kappa shape index (κ3) is 2.54. The second kappa shape index (κ2) is 5.66. The summed E-state index contributed by atoms with van der Waals surface area (Å²) in [5.74, 6) is 0. The highest BCUT2D eigenvalue weighted by Gasteiger charge is 2.16. The number of aliphatic hydroxyl groups is 1. The zero-order valence-electron chi connectivity index (χ0n) is 12.3. The van der Waals surface area contributed by atoms with Gasteiger partial charge in [0, 0.05) is 31.2 Å². The van der Waals surface area contributed by atoms with Crippen LogP contribution in [0.5, 0.6) is 0 Å². The van der Waals surface area contributed by atoms with Crippen molar-refractivity contribution in [2.75, 3.05) is 0 Å². The van der Waals surface area contributed by atoms with Crippen molar-refractivity contribution >= 4 is 10.9 Å².